The van der Waals surface area contributed by atoms with Crippen LogP contribution < -0.4 is 11.1 Å². The van der Waals surface area contributed by atoms with E-state index in [4.69, 9.17) is 5.73 Å². The number of nitrogens with two attached hydrogens (primary N) is 1. The van der Waals surface area contributed by atoms with Crippen LogP contribution in [0.2, 0.25) is 0 Å². The first kappa shape index (κ1) is 14.4. The van der Waals surface area contributed by atoms with Gasteiger partial charge in [-0.3, -0.25) is 4.79 Å². The van der Waals surface area contributed by atoms with Crippen molar-refractivity contribution in [2.45, 2.75) is 31.3 Å². The smallest absolute Gasteiger partial charge is 0.317 e. The topological polar surface area (TPSA) is 78.7 Å². The molecule has 2 saturated heterocycles. The van der Waals surface area contributed by atoms with Crippen LogP contribution in [0.15, 0.2) is 0 Å². The van der Waals surface area contributed by atoms with Gasteiger partial charge in [-0.2, -0.15) is 0 Å². The van der Waals surface area contributed by atoms with E-state index in [-0.39, 0.29) is 42.3 Å². The van der Waals surface area contributed by atoms with Crippen molar-refractivity contribution in [2.24, 2.45) is 11.7 Å². The zero-order valence-corrected chi connectivity index (χ0v) is 11.7. The second-order valence-electron chi connectivity index (χ2n) is 5.52. The fourth-order valence-corrected chi connectivity index (χ4v) is 3.33. The molecule has 3 aliphatic rings. The SMILES string of the molecule is Cl.NC1CCCC1C(=O)N1CCN2C(=O)NCC2C1. The Kier molecular flexibility index (Phi) is 4.20. The van der Waals surface area contributed by atoms with Gasteiger partial charge in [0.2, 0.25) is 5.91 Å². The Hall–Kier alpha value is -1.01. The highest BCUT2D eigenvalue weighted by molar-refractivity contribution is 5.85. The number of nitrogens with zero attached hydrogens (tertiary/aromatic N) is 2. The van der Waals surface area contributed by atoms with Crippen LogP contribution >= 0.6 is 12.4 Å². The summed E-state index contributed by atoms with van der Waals surface area (Å²) in [4.78, 5) is 27.6. The highest BCUT2D eigenvalue weighted by Crippen LogP contribution is 2.27. The molecule has 0 aromatic heterocycles. The van der Waals surface area contributed by atoms with Gasteiger partial charge in [0.15, 0.2) is 0 Å². The van der Waals surface area contributed by atoms with E-state index in [1.165, 1.54) is 0 Å². The molecule has 3 unspecified atom stereocenters. The fourth-order valence-electron chi connectivity index (χ4n) is 3.33. The summed E-state index contributed by atoms with van der Waals surface area (Å²) in [6.45, 7) is 2.59. The van der Waals surface area contributed by atoms with Crippen LogP contribution in [0.25, 0.3) is 0 Å². The van der Waals surface area contributed by atoms with Gasteiger partial charge in [-0.15, -0.1) is 12.4 Å². The summed E-state index contributed by atoms with van der Waals surface area (Å²) in [5, 5.41) is 2.82. The minimum Gasteiger partial charge on any atom is -0.338 e. The summed E-state index contributed by atoms with van der Waals surface area (Å²) in [5.74, 6) is 0.195. The minimum atomic E-state index is 0. The third-order valence-electron chi connectivity index (χ3n) is 4.43. The molecule has 2 heterocycles. The maximum absolute atomic E-state index is 12.4. The maximum atomic E-state index is 12.4. The van der Waals surface area contributed by atoms with Crippen LogP contribution in [0.4, 0.5) is 4.79 Å². The predicted octanol–water partition coefficient (Wildman–Crippen LogP) is -0.228. The van der Waals surface area contributed by atoms with E-state index in [1.54, 1.807) is 0 Å². The van der Waals surface area contributed by atoms with Crippen LogP contribution in [0.5, 0.6) is 0 Å². The number of halogens is 1. The van der Waals surface area contributed by atoms with Gasteiger partial charge in [0, 0.05) is 32.2 Å². The molecule has 3 N–H and O–H groups in total. The first-order chi connectivity index (χ1) is 8.66. The number of fused-ring (bicyclic) bond motifs is 1. The predicted molar refractivity (Wildman–Crippen MR) is 73.0 cm³/mol. The molecule has 0 aromatic rings. The largest absolute Gasteiger partial charge is 0.338 e. The van der Waals surface area contributed by atoms with Crippen molar-refractivity contribution < 1.29 is 9.59 Å². The molecule has 0 spiro atoms. The molecular weight excluding hydrogens is 268 g/mol. The van der Waals surface area contributed by atoms with Crippen molar-refractivity contribution in [2.75, 3.05) is 26.2 Å². The van der Waals surface area contributed by atoms with Crippen LogP contribution in [-0.4, -0.2) is 60.0 Å². The number of rotatable bonds is 1. The molecule has 3 rings (SSSR count). The van der Waals surface area contributed by atoms with Crippen molar-refractivity contribution >= 4 is 24.3 Å². The highest BCUT2D eigenvalue weighted by atomic mass is 35.5. The average molecular weight is 289 g/mol. The molecule has 3 amide bonds. The van der Waals surface area contributed by atoms with E-state index in [0.29, 0.717) is 26.2 Å². The lowest BCUT2D eigenvalue weighted by Gasteiger charge is -2.38. The highest BCUT2D eigenvalue weighted by Gasteiger charge is 2.40. The van der Waals surface area contributed by atoms with E-state index in [1.807, 2.05) is 9.80 Å². The molecule has 108 valence electrons. The third kappa shape index (κ3) is 2.51. The fraction of sp³-hybridized carbons (Fsp3) is 0.833. The number of piperazine rings is 1. The zero-order chi connectivity index (χ0) is 12.7. The number of nitrogens with one attached hydrogen (secondary N) is 1. The lowest BCUT2D eigenvalue weighted by atomic mass is 10.0. The number of urea groups is 1. The van der Waals surface area contributed by atoms with Crippen molar-refractivity contribution in [3.63, 3.8) is 0 Å². The van der Waals surface area contributed by atoms with Crippen LogP contribution in [-0.2, 0) is 4.79 Å². The molecular formula is C12H21ClN4O2. The Morgan fingerprint density at radius 2 is 2.11 bits per heavy atom. The van der Waals surface area contributed by atoms with E-state index in [0.717, 1.165) is 19.3 Å². The molecule has 0 radical (unpaired) electrons. The van der Waals surface area contributed by atoms with Crippen molar-refractivity contribution in [3.8, 4) is 0 Å². The third-order valence-corrected chi connectivity index (χ3v) is 4.43. The standard InChI is InChI=1S/C12H20N4O2.ClH/c13-10-3-1-2-9(10)11(17)15-4-5-16-8(7-15)6-14-12(16)18;/h8-10H,1-7,13H2,(H,14,18);1H. The Balaban J connectivity index is 0.00000133. The van der Waals surface area contributed by atoms with Gasteiger partial charge in [-0.25, -0.2) is 4.79 Å². The van der Waals surface area contributed by atoms with Gasteiger partial charge in [0.05, 0.1) is 12.0 Å². The molecule has 7 heteroatoms. The number of carbonyl (C=O) groups is 2. The normalized spacial score (nSPS) is 33.7. The number of amides is 3. The van der Waals surface area contributed by atoms with Gasteiger partial charge >= 0.3 is 6.03 Å². The quantitative estimate of drug-likeness (QED) is 0.700. The van der Waals surface area contributed by atoms with Crippen LogP contribution in [0.1, 0.15) is 19.3 Å². The molecule has 3 atom stereocenters. The summed E-state index contributed by atoms with van der Waals surface area (Å²) < 4.78 is 0. The van der Waals surface area contributed by atoms with E-state index < -0.39 is 0 Å². The molecule has 6 nitrogen and oxygen atoms in total. The number of hydrogen-bond acceptors (Lipinski definition) is 3. The molecule has 1 saturated carbocycles. The lowest BCUT2D eigenvalue weighted by molar-refractivity contribution is -0.137. The first-order valence-electron chi connectivity index (χ1n) is 6.75. The monoisotopic (exact) mass is 288 g/mol. The lowest BCUT2D eigenvalue weighted by Crippen LogP contribution is -2.55. The first-order valence-corrected chi connectivity index (χ1v) is 6.75. The molecule has 0 bridgehead atoms. The van der Waals surface area contributed by atoms with Crippen LogP contribution in [0, 0.1) is 5.92 Å². The summed E-state index contributed by atoms with van der Waals surface area (Å²) in [6, 6.07) is 0.177. The van der Waals surface area contributed by atoms with Crippen molar-refractivity contribution in [1.29, 1.82) is 0 Å². The van der Waals surface area contributed by atoms with Crippen LogP contribution in [0.3, 0.4) is 0 Å². The van der Waals surface area contributed by atoms with Gasteiger partial charge in [-0.1, -0.05) is 6.42 Å². The molecule has 0 aromatic carbocycles. The average Bonchev–Trinajstić information content (AvgIpc) is 2.95. The second kappa shape index (κ2) is 5.54. The van der Waals surface area contributed by atoms with E-state index in [2.05, 4.69) is 5.32 Å². The number of carbonyl (C=O) groups excluding carboxylic acids is 2. The Labute approximate surface area is 119 Å². The Morgan fingerprint density at radius 3 is 2.79 bits per heavy atom. The minimum absolute atomic E-state index is 0. The molecule has 1 aliphatic carbocycles. The molecule has 19 heavy (non-hydrogen) atoms. The van der Waals surface area contributed by atoms with Crippen molar-refractivity contribution in [1.82, 2.24) is 15.1 Å². The summed E-state index contributed by atoms with van der Waals surface area (Å²) in [6.07, 6.45) is 2.93. The van der Waals surface area contributed by atoms with Gasteiger partial charge < -0.3 is 20.9 Å². The van der Waals surface area contributed by atoms with E-state index >= 15 is 0 Å². The van der Waals surface area contributed by atoms with Gasteiger partial charge in [0.25, 0.3) is 0 Å². The van der Waals surface area contributed by atoms with E-state index in [9.17, 15) is 9.59 Å². The zero-order valence-electron chi connectivity index (χ0n) is 10.9. The second-order valence-corrected chi connectivity index (χ2v) is 5.52. The summed E-state index contributed by atoms with van der Waals surface area (Å²) in [5.41, 5.74) is 5.99. The van der Waals surface area contributed by atoms with Gasteiger partial charge in [0.1, 0.15) is 0 Å². The summed E-state index contributed by atoms with van der Waals surface area (Å²) >= 11 is 0. The molecule has 2 aliphatic heterocycles. The summed E-state index contributed by atoms with van der Waals surface area (Å²) in [7, 11) is 0. The maximum Gasteiger partial charge on any atom is 0.317 e. The van der Waals surface area contributed by atoms with Gasteiger partial charge in [-0.05, 0) is 12.8 Å². The van der Waals surface area contributed by atoms with Crippen molar-refractivity contribution in [3.05, 3.63) is 0 Å². The Bertz CT molecular complexity index is 379. The number of hydrogen-bond donors (Lipinski definition) is 2. The Morgan fingerprint density at radius 1 is 1.32 bits per heavy atom. The molecule has 3 fully saturated rings.